The summed E-state index contributed by atoms with van der Waals surface area (Å²) in [5.74, 6) is -0.232. The Bertz CT molecular complexity index is 998. The van der Waals surface area contributed by atoms with Gasteiger partial charge in [0.15, 0.2) is 0 Å². The van der Waals surface area contributed by atoms with E-state index in [-0.39, 0.29) is 16.4 Å². The quantitative estimate of drug-likeness (QED) is 0.522. The number of benzene rings is 1. The zero-order chi connectivity index (χ0) is 20.8. The number of carbonyl (C=O) groups excluding carboxylic acids is 2. The van der Waals surface area contributed by atoms with Crippen LogP contribution in [0.5, 0.6) is 0 Å². The van der Waals surface area contributed by atoms with Gasteiger partial charge in [0, 0.05) is 47.3 Å². The van der Waals surface area contributed by atoms with Crippen LogP contribution in [0.15, 0.2) is 54.6 Å². The molecule has 0 radical (unpaired) electrons. The highest BCUT2D eigenvalue weighted by molar-refractivity contribution is 8.15. The third kappa shape index (κ3) is 5.11. The fraction of sp³-hybridized carbons (Fsp3) is 0.143. The van der Waals surface area contributed by atoms with E-state index in [0.29, 0.717) is 12.0 Å². The first-order valence-corrected chi connectivity index (χ1v) is 9.80. The van der Waals surface area contributed by atoms with Gasteiger partial charge in [-0.25, -0.2) is 0 Å². The zero-order valence-corrected chi connectivity index (χ0v) is 16.6. The number of carbonyl (C=O) groups is 2. The first kappa shape index (κ1) is 20.3. The molecule has 5 N–H and O–H groups in total. The SMILES string of the molecule is C/C(=C\c1cnccc1/C(C=N)=C/N)Nc1ccc(CC2SC(=O)NC2=O)cc1. The molecule has 2 amide bonds. The average Bonchev–Trinajstić information content (AvgIpc) is 3.02. The fourth-order valence-electron chi connectivity index (χ4n) is 2.96. The number of hydrogen-bond donors (Lipinski definition) is 4. The first-order valence-electron chi connectivity index (χ1n) is 8.92. The number of nitrogens with zero attached hydrogens (tertiary/aromatic N) is 1. The Balaban J connectivity index is 1.70. The van der Waals surface area contributed by atoms with Gasteiger partial charge in [0.25, 0.3) is 5.24 Å². The van der Waals surface area contributed by atoms with Crippen molar-refractivity contribution in [3.05, 3.63) is 71.3 Å². The van der Waals surface area contributed by atoms with Gasteiger partial charge in [0.1, 0.15) is 0 Å². The molecule has 2 aromatic rings. The van der Waals surface area contributed by atoms with Crippen LogP contribution in [0.1, 0.15) is 23.6 Å². The van der Waals surface area contributed by atoms with Crippen LogP contribution in [0.25, 0.3) is 11.6 Å². The van der Waals surface area contributed by atoms with Crippen LogP contribution in [0.3, 0.4) is 0 Å². The Morgan fingerprint density at radius 3 is 2.69 bits per heavy atom. The number of amides is 2. The van der Waals surface area contributed by atoms with Gasteiger partial charge < -0.3 is 16.5 Å². The molecule has 0 bridgehead atoms. The maximum absolute atomic E-state index is 11.7. The van der Waals surface area contributed by atoms with Gasteiger partial charge in [-0.2, -0.15) is 0 Å². The van der Waals surface area contributed by atoms with Crippen LogP contribution < -0.4 is 16.4 Å². The minimum absolute atomic E-state index is 0.232. The second kappa shape index (κ2) is 9.20. The van der Waals surface area contributed by atoms with E-state index in [2.05, 4.69) is 15.6 Å². The molecule has 0 aliphatic carbocycles. The maximum atomic E-state index is 11.7. The van der Waals surface area contributed by atoms with Gasteiger partial charge >= 0.3 is 0 Å². The number of thioether (sulfide) groups is 1. The van der Waals surface area contributed by atoms with Crippen molar-refractivity contribution in [3.63, 3.8) is 0 Å². The molecule has 1 unspecified atom stereocenters. The Kier molecular flexibility index (Phi) is 6.46. The summed E-state index contributed by atoms with van der Waals surface area (Å²) in [6.45, 7) is 1.94. The first-order chi connectivity index (χ1) is 14.0. The van der Waals surface area contributed by atoms with Gasteiger partial charge in [-0.05, 0) is 48.7 Å². The van der Waals surface area contributed by atoms with Crippen molar-refractivity contribution in [3.8, 4) is 0 Å². The zero-order valence-electron chi connectivity index (χ0n) is 15.8. The number of anilines is 1. The number of nitrogens with two attached hydrogens (primary N) is 1. The van der Waals surface area contributed by atoms with Crippen molar-refractivity contribution in [2.24, 2.45) is 5.73 Å². The lowest BCUT2D eigenvalue weighted by Gasteiger charge is -2.11. The number of aromatic nitrogens is 1. The van der Waals surface area contributed by atoms with Crippen molar-refractivity contribution in [1.29, 1.82) is 5.41 Å². The molecular weight excluding hydrogens is 386 g/mol. The Morgan fingerprint density at radius 2 is 2.07 bits per heavy atom. The third-order valence-electron chi connectivity index (χ3n) is 4.35. The standard InChI is InChI=1S/C21H21N5O2S/c1-13(8-15-12-24-7-6-18(15)16(10-22)11-23)25-17-4-2-14(3-5-17)9-19-20(27)26-21(28)29-19/h2-8,10-12,19,22,25H,9,23H2,1H3,(H,26,27,28)/b13-8+,16-11+,22-10?. The predicted molar refractivity (Wildman–Crippen MR) is 118 cm³/mol. The third-order valence-corrected chi connectivity index (χ3v) is 5.33. The molecule has 1 atom stereocenters. The molecule has 1 aliphatic heterocycles. The minimum atomic E-state index is -0.370. The number of rotatable bonds is 7. The molecule has 1 aromatic heterocycles. The molecule has 0 saturated carbocycles. The lowest BCUT2D eigenvalue weighted by Crippen LogP contribution is -2.25. The van der Waals surface area contributed by atoms with Crippen LogP contribution >= 0.6 is 11.8 Å². The number of hydrogen-bond acceptors (Lipinski definition) is 7. The highest BCUT2D eigenvalue weighted by Gasteiger charge is 2.31. The van der Waals surface area contributed by atoms with E-state index in [9.17, 15) is 9.59 Å². The van der Waals surface area contributed by atoms with E-state index in [1.165, 1.54) is 12.4 Å². The Hall–Kier alpha value is -3.39. The molecule has 1 fully saturated rings. The number of nitrogens with one attached hydrogen (secondary N) is 3. The molecule has 7 nitrogen and oxygen atoms in total. The van der Waals surface area contributed by atoms with Gasteiger partial charge in [-0.1, -0.05) is 23.9 Å². The van der Waals surface area contributed by atoms with Gasteiger partial charge in [0.2, 0.25) is 5.91 Å². The second-order valence-electron chi connectivity index (χ2n) is 6.47. The van der Waals surface area contributed by atoms with Gasteiger partial charge in [-0.3, -0.25) is 19.9 Å². The van der Waals surface area contributed by atoms with Crippen LogP contribution in [-0.2, 0) is 11.2 Å². The highest BCUT2D eigenvalue weighted by Crippen LogP contribution is 2.24. The normalized spacial score (nSPS) is 17.2. The Labute approximate surface area is 173 Å². The maximum Gasteiger partial charge on any atom is 0.286 e. The summed E-state index contributed by atoms with van der Waals surface area (Å²) in [6.07, 6.45) is 8.45. The van der Waals surface area contributed by atoms with Crippen molar-refractivity contribution < 1.29 is 9.59 Å². The highest BCUT2D eigenvalue weighted by atomic mass is 32.2. The van der Waals surface area contributed by atoms with E-state index in [1.54, 1.807) is 12.4 Å². The van der Waals surface area contributed by atoms with Crippen LogP contribution in [-0.4, -0.2) is 27.6 Å². The number of pyridine rings is 1. The van der Waals surface area contributed by atoms with E-state index in [0.717, 1.165) is 39.8 Å². The average molecular weight is 407 g/mol. The predicted octanol–water partition coefficient (Wildman–Crippen LogP) is 3.40. The topological polar surface area (TPSA) is 121 Å². The van der Waals surface area contributed by atoms with Crippen molar-refractivity contribution in [2.45, 2.75) is 18.6 Å². The molecule has 1 aromatic carbocycles. The summed E-state index contributed by atoms with van der Waals surface area (Å²) >= 11 is 1.03. The van der Waals surface area contributed by atoms with E-state index in [1.807, 2.05) is 43.3 Å². The van der Waals surface area contributed by atoms with Crippen LogP contribution in [0, 0.1) is 5.41 Å². The van der Waals surface area contributed by atoms with Gasteiger partial charge in [-0.15, -0.1) is 0 Å². The lowest BCUT2D eigenvalue weighted by molar-refractivity contribution is -0.118. The summed E-state index contributed by atoms with van der Waals surface area (Å²) in [5, 5.41) is 12.5. The summed E-state index contributed by atoms with van der Waals surface area (Å²) in [6, 6.07) is 9.55. The largest absolute Gasteiger partial charge is 0.404 e. The molecule has 148 valence electrons. The monoisotopic (exact) mass is 407 g/mol. The van der Waals surface area contributed by atoms with Crippen molar-refractivity contribution in [2.75, 3.05) is 5.32 Å². The fourth-order valence-corrected chi connectivity index (χ4v) is 3.82. The van der Waals surface area contributed by atoms with Crippen LogP contribution in [0.4, 0.5) is 10.5 Å². The molecule has 1 saturated heterocycles. The number of allylic oxidation sites excluding steroid dienone is 2. The smallest absolute Gasteiger partial charge is 0.286 e. The molecule has 8 heteroatoms. The molecular formula is C21H21N5O2S. The lowest BCUT2D eigenvalue weighted by atomic mass is 10.0. The number of imide groups is 1. The van der Waals surface area contributed by atoms with E-state index in [4.69, 9.17) is 11.1 Å². The molecule has 1 aliphatic rings. The minimum Gasteiger partial charge on any atom is -0.404 e. The summed E-state index contributed by atoms with van der Waals surface area (Å²) in [5.41, 5.74) is 10.7. The van der Waals surface area contributed by atoms with Gasteiger partial charge in [0.05, 0.1) is 5.25 Å². The molecule has 29 heavy (non-hydrogen) atoms. The molecule has 0 spiro atoms. The van der Waals surface area contributed by atoms with Crippen molar-refractivity contribution in [1.82, 2.24) is 10.3 Å². The van der Waals surface area contributed by atoms with Crippen LogP contribution in [0.2, 0.25) is 0 Å². The molecule has 3 rings (SSSR count). The van der Waals surface area contributed by atoms with Crippen molar-refractivity contribution >= 4 is 46.5 Å². The summed E-state index contributed by atoms with van der Waals surface area (Å²) < 4.78 is 0. The van der Waals surface area contributed by atoms with E-state index >= 15 is 0 Å². The summed E-state index contributed by atoms with van der Waals surface area (Å²) in [4.78, 5) is 27.1. The Morgan fingerprint density at radius 1 is 1.31 bits per heavy atom. The molecule has 2 heterocycles. The summed E-state index contributed by atoms with van der Waals surface area (Å²) in [7, 11) is 0. The van der Waals surface area contributed by atoms with E-state index < -0.39 is 0 Å². The second-order valence-corrected chi connectivity index (χ2v) is 7.64.